The lowest BCUT2D eigenvalue weighted by Crippen LogP contribution is -2.20. The smallest absolute Gasteiger partial charge is 0.213 e. The van der Waals surface area contributed by atoms with Crippen molar-refractivity contribution in [1.29, 1.82) is 0 Å². The molecule has 2 aromatic rings. The van der Waals surface area contributed by atoms with Crippen molar-refractivity contribution in [1.82, 2.24) is 10.3 Å². The third kappa shape index (κ3) is 3.78. The second-order valence-electron chi connectivity index (χ2n) is 4.60. The molecule has 20 heavy (non-hydrogen) atoms. The third-order valence-electron chi connectivity index (χ3n) is 3.22. The molecule has 1 unspecified atom stereocenters. The van der Waals surface area contributed by atoms with E-state index in [1.54, 1.807) is 25.4 Å². The second-order valence-corrected chi connectivity index (χ2v) is 4.60. The minimum absolute atomic E-state index is 0.130. The molecule has 0 radical (unpaired) electrons. The van der Waals surface area contributed by atoms with Gasteiger partial charge in [-0.05, 0) is 35.7 Å². The number of nitrogens with zero attached hydrogens (tertiary/aromatic N) is 1. The number of benzene rings is 1. The Labute approximate surface area is 118 Å². The fourth-order valence-electron chi connectivity index (χ4n) is 2.13. The van der Waals surface area contributed by atoms with E-state index in [0.717, 1.165) is 17.5 Å². The Bertz CT molecular complexity index is 560. The van der Waals surface area contributed by atoms with Crippen molar-refractivity contribution >= 4 is 0 Å². The standard InChI is InChI=1S/C16H19FN2O/c1-3-15(13-5-4-6-14(17)10-13)19-11-12-7-8-18-16(9-12)20-2/h4-10,15,19H,3,11H2,1-2H3. The Hall–Kier alpha value is -1.94. The van der Waals surface area contributed by atoms with Gasteiger partial charge in [0.2, 0.25) is 5.88 Å². The van der Waals surface area contributed by atoms with Gasteiger partial charge in [-0.25, -0.2) is 9.37 Å². The van der Waals surface area contributed by atoms with E-state index in [9.17, 15) is 4.39 Å². The van der Waals surface area contributed by atoms with Crippen molar-refractivity contribution in [2.24, 2.45) is 0 Å². The highest BCUT2D eigenvalue weighted by Crippen LogP contribution is 2.18. The molecule has 3 nitrogen and oxygen atoms in total. The molecule has 1 aromatic carbocycles. The number of halogens is 1. The quantitative estimate of drug-likeness (QED) is 0.875. The third-order valence-corrected chi connectivity index (χ3v) is 3.22. The van der Waals surface area contributed by atoms with E-state index in [0.29, 0.717) is 12.4 Å². The van der Waals surface area contributed by atoms with E-state index in [1.165, 1.54) is 6.07 Å². The van der Waals surface area contributed by atoms with E-state index in [1.807, 2.05) is 18.2 Å². The van der Waals surface area contributed by atoms with Crippen LogP contribution in [0, 0.1) is 5.82 Å². The maximum atomic E-state index is 13.3. The Balaban J connectivity index is 2.03. The number of aromatic nitrogens is 1. The van der Waals surface area contributed by atoms with Crippen LogP contribution in [-0.4, -0.2) is 12.1 Å². The first-order chi connectivity index (χ1) is 9.72. The van der Waals surface area contributed by atoms with E-state index in [4.69, 9.17) is 4.74 Å². The zero-order chi connectivity index (χ0) is 14.4. The number of nitrogens with one attached hydrogen (secondary N) is 1. The first-order valence-corrected chi connectivity index (χ1v) is 6.70. The highest BCUT2D eigenvalue weighted by atomic mass is 19.1. The largest absolute Gasteiger partial charge is 0.481 e. The average Bonchev–Trinajstić information content (AvgIpc) is 2.48. The van der Waals surface area contributed by atoms with Gasteiger partial charge >= 0.3 is 0 Å². The summed E-state index contributed by atoms with van der Waals surface area (Å²) in [5, 5.41) is 3.43. The van der Waals surface area contributed by atoms with Crippen LogP contribution in [0.2, 0.25) is 0 Å². The van der Waals surface area contributed by atoms with Crippen molar-refractivity contribution in [3.63, 3.8) is 0 Å². The molecule has 0 aliphatic rings. The van der Waals surface area contributed by atoms with Gasteiger partial charge in [-0.3, -0.25) is 0 Å². The van der Waals surface area contributed by atoms with E-state index in [-0.39, 0.29) is 11.9 Å². The van der Waals surface area contributed by atoms with Gasteiger partial charge in [0, 0.05) is 24.8 Å². The van der Waals surface area contributed by atoms with Crippen LogP contribution >= 0.6 is 0 Å². The number of rotatable bonds is 6. The van der Waals surface area contributed by atoms with Crippen LogP contribution in [0.4, 0.5) is 4.39 Å². The van der Waals surface area contributed by atoms with Gasteiger partial charge in [-0.15, -0.1) is 0 Å². The molecular formula is C16H19FN2O. The van der Waals surface area contributed by atoms with Gasteiger partial charge in [0.15, 0.2) is 0 Å². The van der Waals surface area contributed by atoms with Crippen molar-refractivity contribution in [3.05, 3.63) is 59.5 Å². The van der Waals surface area contributed by atoms with Gasteiger partial charge in [-0.1, -0.05) is 19.1 Å². The summed E-state index contributed by atoms with van der Waals surface area (Å²) in [7, 11) is 1.60. The molecule has 1 atom stereocenters. The summed E-state index contributed by atoms with van der Waals surface area (Å²) in [5.41, 5.74) is 2.06. The molecule has 0 saturated heterocycles. The van der Waals surface area contributed by atoms with Crippen LogP contribution in [0.15, 0.2) is 42.6 Å². The molecule has 0 bridgehead atoms. The van der Waals surface area contributed by atoms with Gasteiger partial charge in [-0.2, -0.15) is 0 Å². The van der Waals surface area contributed by atoms with Crippen molar-refractivity contribution in [3.8, 4) is 5.88 Å². The highest BCUT2D eigenvalue weighted by molar-refractivity contribution is 5.22. The van der Waals surface area contributed by atoms with Gasteiger partial charge in [0.1, 0.15) is 5.82 Å². The maximum absolute atomic E-state index is 13.3. The first kappa shape index (κ1) is 14.5. The monoisotopic (exact) mass is 274 g/mol. The molecule has 0 amide bonds. The molecule has 2 rings (SSSR count). The molecule has 0 spiro atoms. The van der Waals surface area contributed by atoms with Crippen LogP contribution in [0.5, 0.6) is 5.88 Å². The zero-order valence-corrected chi connectivity index (χ0v) is 11.8. The fourth-order valence-corrected chi connectivity index (χ4v) is 2.13. The molecule has 0 aliphatic carbocycles. The van der Waals surface area contributed by atoms with E-state index >= 15 is 0 Å². The Morgan fingerprint density at radius 3 is 2.85 bits per heavy atom. The van der Waals surface area contributed by atoms with Crippen LogP contribution in [0.3, 0.4) is 0 Å². The SMILES string of the molecule is CCC(NCc1ccnc(OC)c1)c1cccc(F)c1. The molecule has 0 aliphatic heterocycles. The van der Waals surface area contributed by atoms with Crippen LogP contribution < -0.4 is 10.1 Å². The Morgan fingerprint density at radius 2 is 2.15 bits per heavy atom. The maximum Gasteiger partial charge on any atom is 0.213 e. The normalized spacial score (nSPS) is 12.2. The van der Waals surface area contributed by atoms with Crippen molar-refractivity contribution in [2.75, 3.05) is 7.11 Å². The summed E-state index contributed by atoms with van der Waals surface area (Å²) in [4.78, 5) is 4.08. The van der Waals surface area contributed by atoms with E-state index in [2.05, 4.69) is 17.2 Å². The Morgan fingerprint density at radius 1 is 1.30 bits per heavy atom. The summed E-state index contributed by atoms with van der Waals surface area (Å²) in [6.45, 7) is 2.77. The zero-order valence-electron chi connectivity index (χ0n) is 11.8. The number of hydrogen-bond acceptors (Lipinski definition) is 3. The number of ether oxygens (including phenoxy) is 1. The minimum atomic E-state index is -0.201. The van der Waals surface area contributed by atoms with Crippen molar-refractivity contribution in [2.45, 2.75) is 25.9 Å². The van der Waals surface area contributed by atoms with E-state index < -0.39 is 0 Å². The van der Waals surface area contributed by atoms with Gasteiger partial charge in [0.25, 0.3) is 0 Å². The topological polar surface area (TPSA) is 34.2 Å². The van der Waals surface area contributed by atoms with Crippen molar-refractivity contribution < 1.29 is 9.13 Å². The molecule has 1 aromatic heterocycles. The number of methoxy groups -OCH3 is 1. The molecular weight excluding hydrogens is 255 g/mol. The van der Waals surface area contributed by atoms with Gasteiger partial charge < -0.3 is 10.1 Å². The predicted octanol–water partition coefficient (Wildman–Crippen LogP) is 3.47. The fraction of sp³-hybridized carbons (Fsp3) is 0.312. The molecule has 0 saturated carbocycles. The molecule has 0 fully saturated rings. The summed E-state index contributed by atoms with van der Waals surface area (Å²) >= 11 is 0. The summed E-state index contributed by atoms with van der Waals surface area (Å²) in [5.74, 6) is 0.399. The lowest BCUT2D eigenvalue weighted by Gasteiger charge is -2.17. The summed E-state index contributed by atoms with van der Waals surface area (Å²) in [6.07, 6.45) is 2.62. The number of hydrogen-bond donors (Lipinski definition) is 1. The number of pyridine rings is 1. The molecule has 1 N–H and O–H groups in total. The minimum Gasteiger partial charge on any atom is -0.481 e. The predicted molar refractivity (Wildman–Crippen MR) is 77.1 cm³/mol. The first-order valence-electron chi connectivity index (χ1n) is 6.70. The molecule has 1 heterocycles. The summed E-state index contributed by atoms with van der Waals surface area (Å²) < 4.78 is 18.4. The van der Waals surface area contributed by atoms with Gasteiger partial charge in [0.05, 0.1) is 7.11 Å². The van der Waals surface area contributed by atoms with Crippen LogP contribution in [0.1, 0.15) is 30.5 Å². The Kier molecular flexibility index (Phi) is 5.07. The molecule has 106 valence electrons. The molecule has 4 heteroatoms. The summed E-state index contributed by atoms with van der Waals surface area (Å²) in [6, 6.07) is 10.7. The average molecular weight is 274 g/mol. The lowest BCUT2D eigenvalue weighted by molar-refractivity contribution is 0.396. The van der Waals surface area contributed by atoms with Crippen LogP contribution in [0.25, 0.3) is 0 Å². The highest BCUT2D eigenvalue weighted by Gasteiger charge is 2.09. The second kappa shape index (κ2) is 7.01. The van der Waals surface area contributed by atoms with Crippen LogP contribution in [-0.2, 0) is 6.54 Å². The lowest BCUT2D eigenvalue weighted by atomic mass is 10.0.